The van der Waals surface area contributed by atoms with Crippen LogP contribution in [0.5, 0.6) is 0 Å². The maximum Gasteiger partial charge on any atom is 0.318 e. The summed E-state index contributed by atoms with van der Waals surface area (Å²) in [5.74, 6) is -0.838. The van der Waals surface area contributed by atoms with Crippen molar-refractivity contribution in [1.82, 2.24) is 29.9 Å². The maximum absolute atomic E-state index is 12.5. The summed E-state index contributed by atoms with van der Waals surface area (Å²) in [5, 5.41) is 6.39. The highest BCUT2D eigenvalue weighted by Gasteiger charge is 2.26. The van der Waals surface area contributed by atoms with E-state index >= 15 is 0 Å². The molecule has 1 atom stereocenters. The lowest BCUT2D eigenvalue weighted by molar-refractivity contribution is 0.0958. The first-order valence-electron chi connectivity index (χ1n) is 8.26. The highest BCUT2D eigenvalue weighted by molar-refractivity contribution is 5.87. The van der Waals surface area contributed by atoms with Crippen molar-refractivity contribution in [2.24, 2.45) is 5.73 Å². The minimum Gasteiger partial charge on any atom is -0.361 e. The number of imidazole rings is 1. The Kier molecular flexibility index (Phi) is 5.26. The van der Waals surface area contributed by atoms with Crippen LogP contribution >= 0.6 is 0 Å². The van der Waals surface area contributed by atoms with Gasteiger partial charge in [0.15, 0.2) is 5.82 Å². The quantitative estimate of drug-likeness (QED) is 0.783. The molecule has 25 heavy (non-hydrogen) atoms. The molecular formula is C15H21N7O3. The third-order valence-corrected chi connectivity index (χ3v) is 4.24. The summed E-state index contributed by atoms with van der Waals surface area (Å²) in [5.41, 5.74) is 5.05. The molecule has 134 valence electrons. The van der Waals surface area contributed by atoms with Crippen LogP contribution in [0, 0.1) is 0 Å². The number of nitrogens with zero attached hydrogens (tertiary/aromatic N) is 5. The zero-order valence-electron chi connectivity index (χ0n) is 13.8. The first-order chi connectivity index (χ1) is 12.1. The van der Waals surface area contributed by atoms with E-state index in [1.165, 1.54) is 0 Å². The number of amides is 3. The lowest BCUT2D eigenvalue weighted by atomic mass is 10.00. The van der Waals surface area contributed by atoms with E-state index in [0.29, 0.717) is 0 Å². The number of hydrogen-bond acceptors (Lipinski definition) is 6. The molecule has 0 unspecified atom stereocenters. The molecule has 3 amide bonds. The van der Waals surface area contributed by atoms with Crippen molar-refractivity contribution in [2.75, 3.05) is 6.54 Å². The highest BCUT2D eigenvalue weighted by atomic mass is 16.5. The molecule has 1 fully saturated rings. The number of carbonyl (C=O) groups is 2. The van der Waals surface area contributed by atoms with Gasteiger partial charge in [0.2, 0.25) is 0 Å². The monoisotopic (exact) mass is 347 g/mol. The van der Waals surface area contributed by atoms with Crippen LogP contribution in [0.1, 0.15) is 42.2 Å². The van der Waals surface area contributed by atoms with Gasteiger partial charge < -0.3 is 25.0 Å². The van der Waals surface area contributed by atoms with E-state index in [1.54, 1.807) is 12.5 Å². The van der Waals surface area contributed by atoms with E-state index in [4.69, 9.17) is 10.3 Å². The molecule has 0 spiro atoms. The van der Waals surface area contributed by atoms with Gasteiger partial charge in [-0.15, -0.1) is 0 Å². The Balaban J connectivity index is 1.53. The van der Waals surface area contributed by atoms with E-state index in [1.807, 2.05) is 15.7 Å². The summed E-state index contributed by atoms with van der Waals surface area (Å²) >= 11 is 0. The van der Waals surface area contributed by atoms with Gasteiger partial charge in [0.25, 0.3) is 0 Å². The number of piperidine rings is 1. The molecule has 1 saturated heterocycles. The van der Waals surface area contributed by atoms with Crippen LogP contribution in [0.4, 0.5) is 4.79 Å². The molecule has 0 bridgehead atoms. The Hall–Kier alpha value is -2.91. The smallest absolute Gasteiger partial charge is 0.318 e. The second-order valence-corrected chi connectivity index (χ2v) is 5.97. The number of nitrogens with one attached hydrogen (secondary N) is 1. The number of aryl methyl sites for hydroxylation is 1. The Morgan fingerprint density at radius 1 is 1.40 bits per heavy atom. The first kappa shape index (κ1) is 16.9. The topological polar surface area (TPSA) is 132 Å². The van der Waals surface area contributed by atoms with Crippen molar-refractivity contribution in [2.45, 2.75) is 44.8 Å². The fourth-order valence-corrected chi connectivity index (χ4v) is 2.97. The average molecular weight is 347 g/mol. The summed E-state index contributed by atoms with van der Waals surface area (Å²) in [4.78, 5) is 33.1. The van der Waals surface area contributed by atoms with Gasteiger partial charge in [-0.25, -0.2) is 9.78 Å². The average Bonchev–Trinajstić information content (AvgIpc) is 3.30. The maximum atomic E-state index is 12.5. The third-order valence-electron chi connectivity index (χ3n) is 4.24. The summed E-state index contributed by atoms with van der Waals surface area (Å²) < 4.78 is 6.70. The molecule has 2 aromatic rings. The van der Waals surface area contributed by atoms with Crippen molar-refractivity contribution in [1.29, 1.82) is 0 Å². The summed E-state index contributed by atoms with van der Waals surface area (Å²) in [6.07, 6.45) is 9.40. The number of primary amides is 1. The number of nitrogens with two attached hydrogens (primary N) is 1. The van der Waals surface area contributed by atoms with Crippen LogP contribution in [0.2, 0.25) is 0 Å². The fraction of sp³-hybridized carbons (Fsp3) is 0.533. The molecule has 10 nitrogen and oxygen atoms in total. The molecule has 0 aliphatic carbocycles. The number of hydrogen-bond donors (Lipinski definition) is 2. The number of urea groups is 1. The van der Waals surface area contributed by atoms with E-state index in [0.717, 1.165) is 38.8 Å². The molecule has 0 radical (unpaired) electrons. The fourth-order valence-electron chi connectivity index (χ4n) is 2.97. The second-order valence-electron chi connectivity index (χ2n) is 5.97. The molecule has 2 aromatic heterocycles. The highest BCUT2D eigenvalue weighted by Crippen LogP contribution is 2.20. The molecular weight excluding hydrogens is 326 g/mol. The van der Waals surface area contributed by atoms with Crippen LogP contribution in [-0.2, 0) is 13.1 Å². The predicted molar refractivity (Wildman–Crippen MR) is 86.2 cm³/mol. The van der Waals surface area contributed by atoms with E-state index in [9.17, 15) is 9.59 Å². The summed E-state index contributed by atoms with van der Waals surface area (Å²) in [7, 11) is 0. The van der Waals surface area contributed by atoms with Gasteiger partial charge in [-0.2, -0.15) is 4.98 Å². The first-order valence-corrected chi connectivity index (χ1v) is 8.26. The minimum absolute atomic E-state index is 0.0837. The summed E-state index contributed by atoms with van der Waals surface area (Å²) in [6.45, 7) is 1.63. The summed E-state index contributed by atoms with van der Waals surface area (Å²) in [6, 6.07) is 0.0170. The van der Waals surface area contributed by atoms with Gasteiger partial charge in [0.1, 0.15) is 0 Å². The van der Waals surface area contributed by atoms with Gasteiger partial charge in [-0.05, 0) is 25.7 Å². The second kappa shape index (κ2) is 7.77. The van der Waals surface area contributed by atoms with Crippen molar-refractivity contribution < 1.29 is 14.1 Å². The van der Waals surface area contributed by atoms with E-state index in [2.05, 4.69) is 20.4 Å². The van der Waals surface area contributed by atoms with Gasteiger partial charge in [-0.3, -0.25) is 4.79 Å². The SMILES string of the molecule is NC(=O)c1nc(CNC(=O)N2CCCC[C@H]2CCn2ccnc2)no1. The number of aromatic nitrogens is 4. The van der Waals surface area contributed by atoms with Crippen molar-refractivity contribution >= 4 is 11.9 Å². The Labute approximate surface area is 144 Å². The zero-order chi connectivity index (χ0) is 17.6. The Morgan fingerprint density at radius 2 is 2.28 bits per heavy atom. The molecule has 1 aliphatic rings. The van der Waals surface area contributed by atoms with Gasteiger partial charge >= 0.3 is 17.8 Å². The van der Waals surface area contributed by atoms with E-state index in [-0.39, 0.29) is 30.3 Å². The number of rotatable bonds is 6. The normalized spacial score (nSPS) is 17.4. The Bertz CT molecular complexity index is 713. The Morgan fingerprint density at radius 3 is 3.00 bits per heavy atom. The van der Waals surface area contributed by atoms with Crippen molar-refractivity contribution in [3.05, 3.63) is 30.4 Å². The third kappa shape index (κ3) is 4.34. The van der Waals surface area contributed by atoms with Crippen molar-refractivity contribution in [3.8, 4) is 0 Å². The lowest BCUT2D eigenvalue weighted by Crippen LogP contribution is -2.48. The molecule has 3 N–H and O–H groups in total. The van der Waals surface area contributed by atoms with Gasteiger partial charge in [0, 0.05) is 31.5 Å². The van der Waals surface area contributed by atoms with E-state index < -0.39 is 5.91 Å². The predicted octanol–water partition coefficient (Wildman–Crippen LogP) is 0.519. The standard InChI is InChI=1S/C15H21N7O3/c16-13(23)14-19-12(20-25-14)9-18-15(24)22-6-2-1-3-11(22)4-7-21-8-5-17-10-21/h5,8,10-11H,1-4,6-7,9H2,(H2,16,23)(H,18,24)/t11-/m0/s1. The van der Waals surface area contributed by atoms with Crippen LogP contribution in [-0.4, -0.2) is 49.1 Å². The lowest BCUT2D eigenvalue weighted by Gasteiger charge is -2.35. The minimum atomic E-state index is -0.791. The molecule has 3 heterocycles. The number of carbonyl (C=O) groups excluding carboxylic acids is 2. The van der Waals surface area contributed by atoms with Gasteiger partial charge in [0.05, 0.1) is 12.9 Å². The zero-order valence-corrected chi connectivity index (χ0v) is 13.8. The molecule has 0 saturated carbocycles. The van der Waals surface area contributed by atoms with Crippen LogP contribution in [0.25, 0.3) is 0 Å². The van der Waals surface area contributed by atoms with Crippen LogP contribution < -0.4 is 11.1 Å². The van der Waals surface area contributed by atoms with Crippen LogP contribution in [0.3, 0.4) is 0 Å². The molecule has 1 aliphatic heterocycles. The van der Waals surface area contributed by atoms with Crippen molar-refractivity contribution in [3.63, 3.8) is 0 Å². The molecule has 3 rings (SSSR count). The molecule has 0 aromatic carbocycles. The number of likely N-dealkylation sites (tertiary alicyclic amines) is 1. The van der Waals surface area contributed by atoms with Gasteiger partial charge in [-0.1, -0.05) is 5.16 Å². The largest absolute Gasteiger partial charge is 0.361 e. The molecule has 10 heteroatoms. The van der Waals surface area contributed by atoms with Crippen LogP contribution in [0.15, 0.2) is 23.2 Å².